The van der Waals surface area contributed by atoms with Gasteiger partial charge in [-0.05, 0) is 31.5 Å². The van der Waals surface area contributed by atoms with Crippen molar-refractivity contribution < 1.29 is 23.9 Å². The lowest BCUT2D eigenvalue weighted by Gasteiger charge is -2.28. The van der Waals surface area contributed by atoms with Gasteiger partial charge in [-0.3, -0.25) is 24.6 Å². The lowest BCUT2D eigenvalue weighted by molar-refractivity contribution is -0.155. The Hall–Kier alpha value is -2.41. The van der Waals surface area contributed by atoms with Crippen molar-refractivity contribution in [3.05, 3.63) is 29.8 Å². The first-order valence-electron chi connectivity index (χ1n) is 8.25. The van der Waals surface area contributed by atoms with Crippen molar-refractivity contribution in [3.8, 4) is 5.75 Å². The van der Waals surface area contributed by atoms with Crippen molar-refractivity contribution in [2.45, 2.75) is 25.4 Å². The number of hydrogen-bond acceptors (Lipinski definition) is 6. The Morgan fingerprint density at radius 3 is 2.44 bits per heavy atom. The molecule has 0 unspecified atom stereocenters. The van der Waals surface area contributed by atoms with Crippen LogP contribution in [0.5, 0.6) is 5.75 Å². The zero-order valence-electron chi connectivity index (χ0n) is 14.7. The van der Waals surface area contributed by atoms with E-state index in [9.17, 15) is 14.4 Å². The van der Waals surface area contributed by atoms with E-state index in [1.165, 1.54) is 7.05 Å². The summed E-state index contributed by atoms with van der Waals surface area (Å²) in [5, 5.41) is 3.21. The van der Waals surface area contributed by atoms with Crippen molar-refractivity contribution in [1.29, 1.82) is 0 Å². The minimum Gasteiger partial charge on any atom is -0.497 e. The largest absolute Gasteiger partial charge is 0.497 e. The number of nitrogens with one attached hydrogen (secondary N) is 1. The van der Waals surface area contributed by atoms with Crippen LogP contribution in [-0.2, 0) is 19.1 Å². The number of fused-ring (bicyclic) bond motifs is 1. The van der Waals surface area contributed by atoms with Crippen LogP contribution in [0, 0.1) is 11.8 Å². The van der Waals surface area contributed by atoms with Gasteiger partial charge in [-0.1, -0.05) is 12.1 Å². The van der Waals surface area contributed by atoms with Gasteiger partial charge in [-0.15, -0.1) is 0 Å². The second-order valence-corrected chi connectivity index (χ2v) is 6.56. The van der Waals surface area contributed by atoms with Gasteiger partial charge in [0.05, 0.1) is 25.6 Å². The summed E-state index contributed by atoms with van der Waals surface area (Å²) in [6, 6.07) is 6.79. The van der Waals surface area contributed by atoms with Crippen LogP contribution in [0.15, 0.2) is 24.3 Å². The molecule has 7 heteroatoms. The van der Waals surface area contributed by atoms with Crippen LogP contribution in [0.25, 0.3) is 0 Å². The Labute approximate surface area is 146 Å². The zero-order valence-corrected chi connectivity index (χ0v) is 14.7. The Kier molecular flexibility index (Phi) is 4.28. The maximum atomic E-state index is 12.7. The van der Waals surface area contributed by atoms with E-state index >= 15 is 0 Å². The fourth-order valence-electron chi connectivity index (χ4n) is 3.85. The molecule has 0 aliphatic carbocycles. The Balaban J connectivity index is 2.03. The average molecular weight is 346 g/mol. The Bertz CT molecular complexity index is 717. The number of methoxy groups -OCH3 is 1. The molecule has 134 valence electrons. The van der Waals surface area contributed by atoms with Crippen LogP contribution in [-0.4, -0.2) is 49.0 Å². The van der Waals surface area contributed by atoms with Crippen LogP contribution < -0.4 is 10.1 Å². The normalized spacial score (nSPS) is 31.2. The molecule has 1 aromatic carbocycles. The van der Waals surface area contributed by atoms with E-state index in [-0.39, 0.29) is 18.4 Å². The van der Waals surface area contributed by atoms with E-state index in [1.54, 1.807) is 33.1 Å². The van der Waals surface area contributed by atoms with Crippen LogP contribution >= 0.6 is 0 Å². The number of imide groups is 1. The highest BCUT2D eigenvalue weighted by atomic mass is 16.5. The Morgan fingerprint density at radius 2 is 1.88 bits per heavy atom. The van der Waals surface area contributed by atoms with Gasteiger partial charge in [-0.2, -0.15) is 0 Å². The molecule has 2 aliphatic heterocycles. The van der Waals surface area contributed by atoms with Crippen molar-refractivity contribution >= 4 is 17.8 Å². The Morgan fingerprint density at radius 1 is 1.24 bits per heavy atom. The minimum absolute atomic E-state index is 0.207. The molecule has 0 aromatic heterocycles. The molecule has 3 rings (SSSR count). The van der Waals surface area contributed by atoms with Gasteiger partial charge in [0.2, 0.25) is 11.8 Å². The number of carbonyl (C=O) groups excluding carboxylic acids is 3. The third-order valence-electron chi connectivity index (χ3n) is 5.18. The lowest BCUT2D eigenvalue weighted by atomic mass is 9.80. The molecular formula is C18H22N2O5. The third kappa shape index (κ3) is 2.50. The molecule has 0 radical (unpaired) electrons. The van der Waals surface area contributed by atoms with E-state index in [0.717, 1.165) is 10.5 Å². The molecule has 4 atom stereocenters. The van der Waals surface area contributed by atoms with Gasteiger partial charge >= 0.3 is 5.97 Å². The number of benzene rings is 1. The van der Waals surface area contributed by atoms with E-state index in [0.29, 0.717) is 5.75 Å². The van der Waals surface area contributed by atoms with Gasteiger partial charge in [0.25, 0.3) is 0 Å². The molecule has 1 aromatic rings. The van der Waals surface area contributed by atoms with Gasteiger partial charge in [-0.25, -0.2) is 0 Å². The first kappa shape index (κ1) is 17.4. The highest BCUT2D eigenvalue weighted by molar-refractivity contribution is 6.09. The number of nitrogens with zero attached hydrogens (tertiary/aromatic N) is 1. The lowest BCUT2D eigenvalue weighted by Crippen LogP contribution is -2.53. The molecule has 0 bridgehead atoms. The van der Waals surface area contributed by atoms with E-state index in [2.05, 4.69) is 5.32 Å². The van der Waals surface area contributed by atoms with Crippen molar-refractivity contribution in [3.63, 3.8) is 0 Å². The minimum atomic E-state index is -1.25. The molecular weight excluding hydrogens is 324 g/mol. The van der Waals surface area contributed by atoms with Crippen molar-refractivity contribution in [2.75, 3.05) is 20.8 Å². The molecule has 2 fully saturated rings. The van der Waals surface area contributed by atoms with E-state index in [4.69, 9.17) is 9.47 Å². The highest BCUT2D eigenvalue weighted by Crippen LogP contribution is 2.48. The number of hydrogen-bond donors (Lipinski definition) is 1. The molecule has 2 amide bonds. The predicted octanol–water partition coefficient (Wildman–Crippen LogP) is 0.892. The molecule has 2 aliphatic rings. The van der Waals surface area contributed by atoms with Gasteiger partial charge < -0.3 is 9.47 Å². The first-order chi connectivity index (χ1) is 11.8. The van der Waals surface area contributed by atoms with Gasteiger partial charge in [0, 0.05) is 13.1 Å². The second-order valence-electron chi connectivity index (χ2n) is 6.56. The molecule has 0 spiro atoms. The molecule has 1 N–H and O–H groups in total. The summed E-state index contributed by atoms with van der Waals surface area (Å²) in [6.45, 7) is 3.55. The van der Waals surface area contributed by atoms with Gasteiger partial charge in [0.15, 0.2) is 0 Å². The average Bonchev–Trinajstić information content (AvgIpc) is 3.05. The number of esters is 1. The first-order valence-corrected chi connectivity index (χ1v) is 8.25. The number of likely N-dealkylation sites (tertiary alicyclic amines) is 1. The van der Waals surface area contributed by atoms with Crippen LogP contribution in [0.3, 0.4) is 0 Å². The monoisotopic (exact) mass is 346 g/mol. The van der Waals surface area contributed by atoms with Crippen molar-refractivity contribution in [1.82, 2.24) is 10.2 Å². The van der Waals surface area contributed by atoms with Crippen molar-refractivity contribution in [2.24, 2.45) is 11.8 Å². The summed E-state index contributed by atoms with van der Waals surface area (Å²) in [6.07, 6.45) is 0. The summed E-state index contributed by atoms with van der Waals surface area (Å²) in [5.74, 6) is -1.88. The van der Waals surface area contributed by atoms with Crippen LogP contribution in [0.2, 0.25) is 0 Å². The zero-order chi connectivity index (χ0) is 18.4. The quantitative estimate of drug-likeness (QED) is 0.644. The molecule has 2 heterocycles. The SMILES string of the molecule is CCOC(=O)[C@@]1(C)N[C@@H](c2ccc(OC)cc2)[C@H]2C(=O)N(C)C(=O)[C@@H]21. The maximum Gasteiger partial charge on any atom is 0.326 e. The predicted molar refractivity (Wildman–Crippen MR) is 88.7 cm³/mol. The van der Waals surface area contributed by atoms with Crippen LogP contribution in [0.1, 0.15) is 25.5 Å². The summed E-state index contributed by atoms with van der Waals surface area (Å²) in [7, 11) is 3.03. The molecule has 25 heavy (non-hydrogen) atoms. The van der Waals surface area contributed by atoms with Crippen LogP contribution in [0.4, 0.5) is 0 Å². The summed E-state index contributed by atoms with van der Waals surface area (Å²) in [5.41, 5.74) is -0.428. The molecule has 7 nitrogen and oxygen atoms in total. The number of carbonyl (C=O) groups is 3. The highest BCUT2D eigenvalue weighted by Gasteiger charge is 2.66. The smallest absolute Gasteiger partial charge is 0.326 e. The summed E-state index contributed by atoms with van der Waals surface area (Å²) < 4.78 is 10.3. The standard InChI is InChI=1S/C18H22N2O5/c1-5-25-17(23)18(2)13-12(15(21)20(3)16(13)22)14(19-18)10-6-8-11(24-4)9-7-10/h6-9,12-14,19H,5H2,1-4H3/t12-,13+,14-,18-/m0/s1. The number of ether oxygens (including phenoxy) is 2. The fourth-order valence-corrected chi connectivity index (χ4v) is 3.85. The fraction of sp³-hybridized carbons (Fsp3) is 0.500. The summed E-state index contributed by atoms with van der Waals surface area (Å²) in [4.78, 5) is 39.0. The summed E-state index contributed by atoms with van der Waals surface area (Å²) >= 11 is 0. The third-order valence-corrected chi connectivity index (χ3v) is 5.18. The molecule has 2 saturated heterocycles. The molecule has 0 saturated carbocycles. The van der Waals surface area contributed by atoms with E-state index < -0.39 is 29.4 Å². The maximum absolute atomic E-state index is 12.7. The number of amides is 2. The topological polar surface area (TPSA) is 84.9 Å². The van der Waals surface area contributed by atoms with Gasteiger partial charge in [0.1, 0.15) is 11.3 Å². The number of rotatable bonds is 4. The van der Waals surface area contributed by atoms with E-state index in [1.807, 2.05) is 12.1 Å². The second kappa shape index (κ2) is 6.15.